The number of allylic oxidation sites excluding steroid dienone is 1. The lowest BCUT2D eigenvalue weighted by molar-refractivity contribution is 0.171. The second-order valence-electron chi connectivity index (χ2n) is 8.42. The predicted octanol–water partition coefficient (Wildman–Crippen LogP) is 4.04. The molecule has 0 unspecified atom stereocenters. The fraction of sp³-hybridized carbons (Fsp3) is 0.280. The molecule has 0 radical (unpaired) electrons. The number of anilines is 1. The highest BCUT2D eigenvalue weighted by molar-refractivity contribution is 6.30. The van der Waals surface area contributed by atoms with Gasteiger partial charge >= 0.3 is 6.03 Å². The summed E-state index contributed by atoms with van der Waals surface area (Å²) in [5.41, 5.74) is 5.48. The van der Waals surface area contributed by atoms with E-state index in [1.165, 1.54) is 5.57 Å². The summed E-state index contributed by atoms with van der Waals surface area (Å²) in [4.78, 5) is 30.2. The third-order valence-electron chi connectivity index (χ3n) is 6.19. The quantitative estimate of drug-likeness (QED) is 0.636. The Labute approximate surface area is 198 Å². The van der Waals surface area contributed by atoms with Gasteiger partial charge in [-0.05, 0) is 54.0 Å². The molecule has 1 N–H and O–H groups in total. The Morgan fingerprint density at radius 1 is 1.18 bits per heavy atom. The average molecular weight is 461 g/mol. The van der Waals surface area contributed by atoms with Gasteiger partial charge in [-0.25, -0.2) is 14.8 Å². The minimum absolute atomic E-state index is 0.0498. The molecular formula is C25H25ClN6O. The molecule has 1 fully saturated rings. The second kappa shape index (κ2) is 9.19. The Morgan fingerprint density at radius 2 is 2.03 bits per heavy atom. The van der Waals surface area contributed by atoms with Gasteiger partial charge < -0.3 is 15.1 Å². The lowest BCUT2D eigenvalue weighted by Crippen LogP contribution is -2.56. The first-order chi connectivity index (χ1) is 16.1. The molecule has 1 atom stereocenters. The van der Waals surface area contributed by atoms with Gasteiger partial charge in [-0.3, -0.25) is 4.98 Å². The lowest BCUT2D eigenvalue weighted by Gasteiger charge is -2.40. The van der Waals surface area contributed by atoms with Crippen molar-refractivity contribution in [2.24, 2.45) is 0 Å². The number of rotatable bonds is 4. The molecule has 8 heteroatoms. The first-order valence-corrected chi connectivity index (χ1v) is 11.4. The van der Waals surface area contributed by atoms with E-state index < -0.39 is 0 Å². The van der Waals surface area contributed by atoms with Gasteiger partial charge in [-0.1, -0.05) is 23.7 Å². The minimum atomic E-state index is -0.0603. The monoisotopic (exact) mass is 460 g/mol. The predicted molar refractivity (Wildman–Crippen MR) is 130 cm³/mol. The topological polar surface area (TPSA) is 74.2 Å². The Bertz CT molecular complexity index is 1200. The molecule has 1 aliphatic heterocycles. The highest BCUT2D eigenvalue weighted by Crippen LogP contribution is 2.35. The van der Waals surface area contributed by atoms with Crippen LogP contribution in [0.2, 0.25) is 5.02 Å². The summed E-state index contributed by atoms with van der Waals surface area (Å²) in [7, 11) is 0. The summed E-state index contributed by atoms with van der Waals surface area (Å²) in [6, 6.07) is 11.6. The van der Waals surface area contributed by atoms with Crippen molar-refractivity contribution in [3.63, 3.8) is 0 Å². The number of urea groups is 1. The fourth-order valence-corrected chi connectivity index (χ4v) is 4.71. The number of hydrogen-bond acceptors (Lipinski definition) is 5. The first-order valence-electron chi connectivity index (χ1n) is 11.1. The van der Waals surface area contributed by atoms with Crippen LogP contribution in [0.15, 0.2) is 55.1 Å². The van der Waals surface area contributed by atoms with Crippen LogP contribution in [-0.4, -0.2) is 51.6 Å². The van der Waals surface area contributed by atoms with Crippen LogP contribution in [0.4, 0.5) is 10.6 Å². The van der Waals surface area contributed by atoms with E-state index in [2.05, 4.69) is 38.2 Å². The van der Waals surface area contributed by atoms with E-state index in [1.54, 1.807) is 6.33 Å². The van der Waals surface area contributed by atoms with Gasteiger partial charge in [-0.2, -0.15) is 0 Å². The number of carbonyl (C=O) groups excluding carboxylic acids is 1. The standard InChI is InChI=1S/C25H25ClN6O/c1-17-15-31(9-10-32(17)25(33)28-14-18-3-2-4-21(26)11-18)24-22-12-20(13-23(22)29-16-30-24)19-5-7-27-8-6-19/h2-8,11-12,16-17H,9-10,13-15H2,1H3,(H,28,33)/t17-/m1/s1. The number of amides is 2. The molecule has 33 heavy (non-hydrogen) atoms. The zero-order chi connectivity index (χ0) is 22.8. The van der Waals surface area contributed by atoms with Crippen molar-refractivity contribution < 1.29 is 4.79 Å². The Hall–Kier alpha value is -3.45. The van der Waals surface area contributed by atoms with Crippen LogP contribution in [0, 0.1) is 0 Å². The highest BCUT2D eigenvalue weighted by Gasteiger charge is 2.30. The van der Waals surface area contributed by atoms with Crippen LogP contribution >= 0.6 is 11.6 Å². The molecule has 0 spiro atoms. The van der Waals surface area contributed by atoms with Crippen molar-refractivity contribution in [1.29, 1.82) is 0 Å². The number of halogens is 1. The molecular weight excluding hydrogens is 436 g/mol. The van der Waals surface area contributed by atoms with Gasteiger partial charge in [0.15, 0.2) is 0 Å². The summed E-state index contributed by atoms with van der Waals surface area (Å²) < 4.78 is 0. The second-order valence-corrected chi connectivity index (χ2v) is 8.85. The van der Waals surface area contributed by atoms with Crippen molar-refractivity contribution >= 4 is 35.1 Å². The first kappa shape index (κ1) is 21.4. The van der Waals surface area contributed by atoms with Crippen LogP contribution in [0.25, 0.3) is 11.6 Å². The number of pyridine rings is 1. The number of fused-ring (bicyclic) bond motifs is 1. The maximum atomic E-state index is 12.8. The summed E-state index contributed by atoms with van der Waals surface area (Å²) in [6.45, 7) is 4.59. The summed E-state index contributed by atoms with van der Waals surface area (Å²) in [6.07, 6.45) is 8.24. The third-order valence-corrected chi connectivity index (χ3v) is 6.43. The molecule has 7 nitrogen and oxygen atoms in total. The maximum absolute atomic E-state index is 12.8. The molecule has 3 heterocycles. The van der Waals surface area contributed by atoms with E-state index in [0.29, 0.717) is 24.7 Å². The van der Waals surface area contributed by atoms with Crippen molar-refractivity contribution in [3.05, 3.63) is 82.5 Å². The zero-order valence-corrected chi connectivity index (χ0v) is 19.2. The number of carbonyl (C=O) groups is 1. The Balaban J connectivity index is 1.26. The molecule has 1 saturated heterocycles. The SMILES string of the molecule is C[C@@H]1CN(c2ncnc3c2C=C(c2ccncc2)C3)CCN1C(=O)NCc1cccc(Cl)c1. The number of hydrogen-bond donors (Lipinski definition) is 1. The summed E-state index contributed by atoms with van der Waals surface area (Å²) in [5.74, 6) is 0.940. The van der Waals surface area contributed by atoms with Crippen molar-refractivity contribution in [2.75, 3.05) is 24.5 Å². The third kappa shape index (κ3) is 4.54. The molecule has 5 rings (SSSR count). The Morgan fingerprint density at radius 3 is 2.82 bits per heavy atom. The fourth-order valence-electron chi connectivity index (χ4n) is 4.50. The summed E-state index contributed by atoms with van der Waals surface area (Å²) in [5, 5.41) is 3.68. The normalized spacial score (nSPS) is 17.5. The van der Waals surface area contributed by atoms with Crippen LogP contribution < -0.4 is 10.2 Å². The molecule has 2 aliphatic rings. The number of nitrogens with zero attached hydrogens (tertiary/aromatic N) is 5. The molecule has 1 aromatic carbocycles. The van der Waals surface area contributed by atoms with Crippen LogP contribution in [0.5, 0.6) is 0 Å². The molecule has 0 saturated carbocycles. The zero-order valence-electron chi connectivity index (χ0n) is 18.4. The number of nitrogens with one attached hydrogen (secondary N) is 1. The van der Waals surface area contributed by atoms with Gasteiger partial charge in [0.25, 0.3) is 0 Å². The van der Waals surface area contributed by atoms with Gasteiger partial charge in [0.1, 0.15) is 12.1 Å². The van der Waals surface area contributed by atoms with Gasteiger partial charge in [0.2, 0.25) is 0 Å². The lowest BCUT2D eigenvalue weighted by atomic mass is 10.1. The molecule has 2 amide bonds. The van der Waals surface area contributed by atoms with Gasteiger partial charge in [0.05, 0.1) is 5.69 Å². The van der Waals surface area contributed by atoms with Crippen LogP contribution in [-0.2, 0) is 13.0 Å². The minimum Gasteiger partial charge on any atom is -0.352 e. The molecule has 3 aromatic rings. The van der Waals surface area contributed by atoms with E-state index in [0.717, 1.165) is 41.2 Å². The van der Waals surface area contributed by atoms with E-state index >= 15 is 0 Å². The number of aromatic nitrogens is 3. The molecule has 168 valence electrons. The molecule has 0 bridgehead atoms. The van der Waals surface area contributed by atoms with Crippen molar-refractivity contribution in [1.82, 2.24) is 25.2 Å². The smallest absolute Gasteiger partial charge is 0.318 e. The average Bonchev–Trinajstić information content (AvgIpc) is 3.28. The maximum Gasteiger partial charge on any atom is 0.318 e. The van der Waals surface area contributed by atoms with Gasteiger partial charge in [0, 0.05) is 61.6 Å². The Kier molecular flexibility index (Phi) is 5.96. The molecule has 2 aromatic heterocycles. The van der Waals surface area contributed by atoms with E-state index in [1.807, 2.05) is 53.7 Å². The summed E-state index contributed by atoms with van der Waals surface area (Å²) >= 11 is 6.04. The highest BCUT2D eigenvalue weighted by atomic mass is 35.5. The van der Waals surface area contributed by atoms with E-state index in [-0.39, 0.29) is 12.1 Å². The number of benzene rings is 1. The van der Waals surface area contributed by atoms with Crippen LogP contribution in [0.1, 0.15) is 29.3 Å². The van der Waals surface area contributed by atoms with Gasteiger partial charge in [-0.15, -0.1) is 0 Å². The van der Waals surface area contributed by atoms with Crippen LogP contribution in [0.3, 0.4) is 0 Å². The van der Waals surface area contributed by atoms with E-state index in [9.17, 15) is 4.79 Å². The van der Waals surface area contributed by atoms with Crippen molar-refractivity contribution in [2.45, 2.75) is 25.9 Å². The largest absolute Gasteiger partial charge is 0.352 e. The number of piperazine rings is 1. The molecule has 1 aliphatic carbocycles. The van der Waals surface area contributed by atoms with E-state index in [4.69, 9.17) is 11.6 Å². The van der Waals surface area contributed by atoms with Crippen molar-refractivity contribution in [3.8, 4) is 0 Å².